The average Bonchev–Trinajstić information content (AvgIpc) is 3.05. The molecule has 0 unspecified atom stereocenters. The first-order valence-corrected chi connectivity index (χ1v) is 8.60. The maximum Gasteiger partial charge on any atom is 0.246 e. The molecule has 1 fully saturated rings. The lowest BCUT2D eigenvalue weighted by Crippen LogP contribution is -2.56. The molecule has 22 heavy (non-hydrogen) atoms. The number of anilines is 1. The third-order valence-electron chi connectivity index (χ3n) is 4.97. The Morgan fingerprint density at radius 1 is 1.27 bits per heavy atom. The van der Waals surface area contributed by atoms with Crippen molar-refractivity contribution in [1.82, 2.24) is 5.32 Å². The molecule has 1 aliphatic heterocycles. The predicted octanol–water partition coefficient (Wildman–Crippen LogP) is 3.79. The van der Waals surface area contributed by atoms with Crippen molar-refractivity contribution < 1.29 is 4.79 Å². The van der Waals surface area contributed by atoms with Crippen LogP contribution in [0.4, 0.5) is 5.69 Å². The summed E-state index contributed by atoms with van der Waals surface area (Å²) in [6, 6.07) is 8.48. The van der Waals surface area contributed by atoms with Crippen LogP contribution in [0.5, 0.6) is 0 Å². The minimum absolute atomic E-state index is 0.208. The van der Waals surface area contributed by atoms with Crippen LogP contribution >= 0.6 is 0 Å². The number of para-hydroxylation sites is 1. The molecule has 0 atom stereocenters. The SMILES string of the molecule is CCCCNC(=O)C1(N2C=CCc3ccccc32)CCCC1. The number of rotatable bonds is 5. The molecule has 0 bridgehead atoms. The predicted molar refractivity (Wildman–Crippen MR) is 90.9 cm³/mol. The van der Waals surface area contributed by atoms with Crippen LogP contribution in [-0.4, -0.2) is 18.0 Å². The number of fused-ring (bicyclic) bond motifs is 1. The number of nitrogens with one attached hydrogen (secondary N) is 1. The van der Waals surface area contributed by atoms with E-state index in [0.29, 0.717) is 0 Å². The highest BCUT2D eigenvalue weighted by atomic mass is 16.2. The molecule has 0 aromatic heterocycles. The summed E-state index contributed by atoms with van der Waals surface area (Å²) >= 11 is 0. The Bertz CT molecular complexity index is 558. The number of hydrogen-bond donors (Lipinski definition) is 1. The van der Waals surface area contributed by atoms with Gasteiger partial charge in [0.25, 0.3) is 0 Å². The average molecular weight is 298 g/mol. The molecule has 1 aromatic carbocycles. The Labute approximate surface area is 133 Å². The van der Waals surface area contributed by atoms with Crippen LogP contribution in [0.2, 0.25) is 0 Å². The maximum atomic E-state index is 13.0. The molecule has 0 saturated heterocycles. The molecule has 1 heterocycles. The van der Waals surface area contributed by atoms with E-state index in [2.05, 4.69) is 53.7 Å². The topological polar surface area (TPSA) is 32.3 Å². The molecule has 3 nitrogen and oxygen atoms in total. The van der Waals surface area contributed by atoms with Crippen molar-refractivity contribution in [2.75, 3.05) is 11.4 Å². The monoisotopic (exact) mass is 298 g/mol. The molecule has 1 amide bonds. The molecule has 1 N–H and O–H groups in total. The second-order valence-corrected chi connectivity index (χ2v) is 6.44. The van der Waals surface area contributed by atoms with Crippen molar-refractivity contribution >= 4 is 11.6 Å². The van der Waals surface area contributed by atoms with E-state index in [1.165, 1.54) is 11.3 Å². The Morgan fingerprint density at radius 3 is 2.82 bits per heavy atom. The van der Waals surface area contributed by atoms with E-state index < -0.39 is 0 Å². The van der Waals surface area contributed by atoms with Crippen LogP contribution in [-0.2, 0) is 11.2 Å². The summed E-state index contributed by atoms with van der Waals surface area (Å²) in [6.45, 7) is 2.94. The highest BCUT2D eigenvalue weighted by molar-refractivity contribution is 5.91. The summed E-state index contributed by atoms with van der Waals surface area (Å²) in [7, 11) is 0. The highest BCUT2D eigenvalue weighted by Crippen LogP contribution is 2.41. The number of carbonyl (C=O) groups is 1. The van der Waals surface area contributed by atoms with Gasteiger partial charge in [-0.05, 0) is 37.3 Å². The van der Waals surface area contributed by atoms with Gasteiger partial charge < -0.3 is 10.2 Å². The van der Waals surface area contributed by atoms with Gasteiger partial charge in [0.2, 0.25) is 5.91 Å². The van der Waals surface area contributed by atoms with Crippen molar-refractivity contribution in [2.45, 2.75) is 57.4 Å². The van der Waals surface area contributed by atoms with Crippen LogP contribution in [0.3, 0.4) is 0 Å². The van der Waals surface area contributed by atoms with Crippen molar-refractivity contribution in [3.8, 4) is 0 Å². The Hall–Kier alpha value is -1.77. The van der Waals surface area contributed by atoms with Crippen molar-refractivity contribution in [3.63, 3.8) is 0 Å². The highest BCUT2D eigenvalue weighted by Gasteiger charge is 2.46. The third kappa shape index (κ3) is 2.65. The molecule has 1 aromatic rings. The molecular formula is C19H26N2O. The van der Waals surface area contributed by atoms with E-state index in [-0.39, 0.29) is 11.4 Å². The molecule has 1 saturated carbocycles. The van der Waals surface area contributed by atoms with Crippen LogP contribution in [0.1, 0.15) is 51.0 Å². The minimum Gasteiger partial charge on any atom is -0.354 e. The van der Waals surface area contributed by atoms with Crippen LogP contribution in [0, 0.1) is 0 Å². The fraction of sp³-hybridized carbons (Fsp3) is 0.526. The summed E-state index contributed by atoms with van der Waals surface area (Å²) in [4.78, 5) is 15.2. The largest absolute Gasteiger partial charge is 0.354 e. The van der Waals surface area contributed by atoms with Crippen molar-refractivity contribution in [3.05, 3.63) is 42.1 Å². The summed E-state index contributed by atoms with van der Waals surface area (Å²) in [5, 5.41) is 3.18. The van der Waals surface area contributed by atoms with Gasteiger partial charge in [-0.1, -0.05) is 50.5 Å². The first kappa shape index (κ1) is 15.1. The fourth-order valence-electron chi connectivity index (χ4n) is 3.74. The van der Waals surface area contributed by atoms with Gasteiger partial charge in [-0.3, -0.25) is 4.79 Å². The van der Waals surface area contributed by atoms with E-state index in [1.807, 2.05) is 0 Å². The lowest BCUT2D eigenvalue weighted by atomic mass is 9.90. The Kier molecular flexibility index (Phi) is 4.51. The molecule has 1 aliphatic carbocycles. The first-order valence-electron chi connectivity index (χ1n) is 8.60. The van der Waals surface area contributed by atoms with Crippen LogP contribution < -0.4 is 10.2 Å². The van der Waals surface area contributed by atoms with E-state index in [9.17, 15) is 4.79 Å². The second-order valence-electron chi connectivity index (χ2n) is 6.44. The molecule has 118 valence electrons. The normalized spacial score (nSPS) is 19.0. The number of carbonyl (C=O) groups excluding carboxylic acids is 1. The van der Waals surface area contributed by atoms with Gasteiger partial charge in [0.05, 0.1) is 0 Å². The summed E-state index contributed by atoms with van der Waals surface area (Å²) in [5.41, 5.74) is 2.14. The fourth-order valence-corrected chi connectivity index (χ4v) is 3.74. The lowest BCUT2D eigenvalue weighted by molar-refractivity contribution is -0.126. The summed E-state index contributed by atoms with van der Waals surface area (Å²) in [5.74, 6) is 0.208. The smallest absolute Gasteiger partial charge is 0.246 e. The Morgan fingerprint density at radius 2 is 2.05 bits per heavy atom. The zero-order valence-electron chi connectivity index (χ0n) is 13.5. The van der Waals surface area contributed by atoms with E-state index in [4.69, 9.17) is 0 Å². The number of benzene rings is 1. The molecular weight excluding hydrogens is 272 g/mol. The lowest BCUT2D eigenvalue weighted by Gasteiger charge is -2.41. The minimum atomic E-state index is -0.388. The van der Waals surface area contributed by atoms with E-state index in [1.54, 1.807) is 0 Å². The molecule has 0 spiro atoms. The third-order valence-corrected chi connectivity index (χ3v) is 4.97. The van der Waals surface area contributed by atoms with Gasteiger partial charge in [0, 0.05) is 18.4 Å². The molecule has 3 rings (SSSR count). The van der Waals surface area contributed by atoms with Gasteiger partial charge in [-0.15, -0.1) is 0 Å². The van der Waals surface area contributed by atoms with Crippen LogP contribution in [0.25, 0.3) is 0 Å². The van der Waals surface area contributed by atoms with E-state index >= 15 is 0 Å². The van der Waals surface area contributed by atoms with Gasteiger partial charge in [0.1, 0.15) is 5.54 Å². The van der Waals surface area contributed by atoms with Gasteiger partial charge in [0.15, 0.2) is 0 Å². The number of unbranched alkanes of at least 4 members (excludes halogenated alkanes) is 1. The van der Waals surface area contributed by atoms with Gasteiger partial charge in [-0.25, -0.2) is 0 Å². The van der Waals surface area contributed by atoms with Gasteiger partial charge in [-0.2, -0.15) is 0 Å². The zero-order valence-corrected chi connectivity index (χ0v) is 13.5. The standard InChI is InChI=1S/C19H26N2O/c1-2-3-14-20-18(22)19(12-6-7-13-19)21-15-8-10-16-9-4-5-11-17(16)21/h4-5,8-9,11,15H,2-3,6-7,10,12-14H2,1H3,(H,20,22). The van der Waals surface area contributed by atoms with E-state index in [0.717, 1.165) is 51.5 Å². The van der Waals surface area contributed by atoms with Crippen molar-refractivity contribution in [2.24, 2.45) is 0 Å². The number of hydrogen-bond acceptors (Lipinski definition) is 2. The maximum absolute atomic E-state index is 13.0. The van der Waals surface area contributed by atoms with Gasteiger partial charge >= 0.3 is 0 Å². The van der Waals surface area contributed by atoms with Crippen molar-refractivity contribution in [1.29, 1.82) is 0 Å². The zero-order chi connectivity index (χ0) is 15.4. The quantitative estimate of drug-likeness (QED) is 0.839. The number of allylic oxidation sites excluding steroid dienone is 1. The Balaban J connectivity index is 1.89. The first-order chi connectivity index (χ1) is 10.8. The number of amides is 1. The molecule has 0 radical (unpaired) electrons. The molecule has 2 aliphatic rings. The summed E-state index contributed by atoms with van der Waals surface area (Å²) in [6.07, 6.45) is 11.6. The van der Waals surface area contributed by atoms with Crippen LogP contribution in [0.15, 0.2) is 36.5 Å². The summed E-state index contributed by atoms with van der Waals surface area (Å²) < 4.78 is 0. The molecule has 3 heteroatoms. The second kappa shape index (κ2) is 6.55. The number of nitrogens with zero attached hydrogens (tertiary/aromatic N) is 1.